The third kappa shape index (κ3) is 5.13. The Kier molecular flexibility index (Phi) is 6.80. The van der Waals surface area contributed by atoms with Crippen LogP contribution in [0.1, 0.15) is 43.7 Å². The molecule has 2 saturated carbocycles. The molecule has 5 N–H and O–H groups in total. The second-order valence-electron chi connectivity index (χ2n) is 9.35. The van der Waals surface area contributed by atoms with Crippen LogP contribution in [0.3, 0.4) is 0 Å². The monoisotopic (exact) mass is 535 g/mol. The highest BCUT2D eigenvalue weighted by atomic mass is 32.2. The van der Waals surface area contributed by atoms with Crippen molar-refractivity contribution in [2.45, 2.75) is 67.7 Å². The SMILES string of the molecule is CCCSc1nc(N[C@@H]2C[C@H]2c2cccc(NS(C)(=O)=O)c2)c2nnn(C3C[C@H](O)[C@@H](O)C3O)c2n1. The van der Waals surface area contributed by atoms with Crippen LogP contribution in [0.15, 0.2) is 29.4 Å². The van der Waals surface area contributed by atoms with Gasteiger partial charge in [-0.3, -0.25) is 4.72 Å². The molecule has 2 aliphatic rings. The van der Waals surface area contributed by atoms with E-state index in [4.69, 9.17) is 0 Å². The van der Waals surface area contributed by atoms with E-state index in [1.807, 2.05) is 18.2 Å². The number of aliphatic hydroxyl groups excluding tert-OH is 3. The van der Waals surface area contributed by atoms with Crippen molar-refractivity contribution in [3.05, 3.63) is 29.8 Å². The normalized spacial score (nSPS) is 27.9. The van der Waals surface area contributed by atoms with Crippen LogP contribution in [0.4, 0.5) is 11.5 Å². The molecule has 5 rings (SSSR count). The number of thioether (sulfide) groups is 1. The summed E-state index contributed by atoms with van der Waals surface area (Å²) in [4.78, 5) is 9.30. The predicted molar refractivity (Wildman–Crippen MR) is 135 cm³/mol. The first-order chi connectivity index (χ1) is 17.1. The standard InChI is InChI=1S/C22H29N7O5S2/c1-3-7-35-22-24-20(17-21(25-22)29(28-26-17)15-10-16(30)19(32)18(15)31)23-14-9-13(14)11-5-4-6-12(8-11)27-36(2,33)34/h4-6,8,13-16,18-19,27,30-32H,3,7,9-10H2,1-2H3,(H,23,24,25)/t13-,14+,15?,16-,18?,19+/m0/s1. The van der Waals surface area contributed by atoms with E-state index in [0.717, 1.165) is 30.4 Å². The maximum Gasteiger partial charge on any atom is 0.229 e. The molecule has 3 aromatic rings. The molecule has 2 fully saturated rings. The number of nitrogens with one attached hydrogen (secondary N) is 2. The molecule has 0 spiro atoms. The lowest BCUT2D eigenvalue weighted by atomic mass is 10.1. The first-order valence-electron chi connectivity index (χ1n) is 11.8. The van der Waals surface area contributed by atoms with E-state index < -0.39 is 34.4 Å². The van der Waals surface area contributed by atoms with Crippen molar-refractivity contribution in [3.8, 4) is 0 Å². The summed E-state index contributed by atoms with van der Waals surface area (Å²) in [7, 11) is -3.37. The molecule has 36 heavy (non-hydrogen) atoms. The number of hydrogen-bond donors (Lipinski definition) is 5. The Hall–Kier alpha value is -2.52. The molecule has 0 amide bonds. The molecule has 0 aliphatic heterocycles. The van der Waals surface area contributed by atoms with E-state index in [-0.39, 0.29) is 18.4 Å². The first kappa shape index (κ1) is 25.1. The van der Waals surface area contributed by atoms with E-state index in [1.54, 1.807) is 6.07 Å². The average molecular weight is 536 g/mol. The molecular formula is C22H29N7O5S2. The fourth-order valence-corrected chi connectivity index (χ4v) is 5.81. The van der Waals surface area contributed by atoms with E-state index in [9.17, 15) is 23.7 Å². The van der Waals surface area contributed by atoms with Gasteiger partial charge in [-0.15, -0.1) is 5.10 Å². The van der Waals surface area contributed by atoms with Crippen LogP contribution in [-0.4, -0.2) is 85.1 Å². The second-order valence-corrected chi connectivity index (χ2v) is 12.2. The number of anilines is 2. The zero-order chi connectivity index (χ0) is 25.6. The van der Waals surface area contributed by atoms with Gasteiger partial charge in [-0.25, -0.2) is 23.1 Å². The van der Waals surface area contributed by atoms with Crippen LogP contribution in [0.2, 0.25) is 0 Å². The number of aliphatic hydroxyl groups is 3. The topological polar surface area (TPSA) is 175 Å². The smallest absolute Gasteiger partial charge is 0.229 e. The molecule has 0 bridgehead atoms. The zero-order valence-corrected chi connectivity index (χ0v) is 21.4. The van der Waals surface area contributed by atoms with Crippen LogP contribution in [-0.2, 0) is 10.0 Å². The summed E-state index contributed by atoms with van der Waals surface area (Å²) in [6, 6.07) is 6.73. The van der Waals surface area contributed by atoms with Gasteiger partial charge >= 0.3 is 0 Å². The molecule has 6 atom stereocenters. The van der Waals surface area contributed by atoms with Crippen molar-refractivity contribution in [2.24, 2.45) is 0 Å². The van der Waals surface area contributed by atoms with Gasteiger partial charge < -0.3 is 20.6 Å². The Morgan fingerprint density at radius 3 is 2.67 bits per heavy atom. The highest BCUT2D eigenvalue weighted by Gasteiger charge is 2.44. The Morgan fingerprint density at radius 2 is 1.97 bits per heavy atom. The van der Waals surface area contributed by atoms with Crippen LogP contribution >= 0.6 is 11.8 Å². The molecule has 1 aromatic carbocycles. The number of hydrogen-bond acceptors (Lipinski definition) is 11. The number of benzene rings is 1. The Morgan fingerprint density at radius 1 is 1.17 bits per heavy atom. The van der Waals surface area contributed by atoms with Gasteiger partial charge in [0.1, 0.15) is 12.2 Å². The Balaban J connectivity index is 1.42. The molecule has 2 aromatic heterocycles. The van der Waals surface area contributed by atoms with Crippen molar-refractivity contribution in [3.63, 3.8) is 0 Å². The summed E-state index contributed by atoms with van der Waals surface area (Å²) in [6.45, 7) is 2.07. The maximum absolute atomic E-state index is 11.6. The van der Waals surface area contributed by atoms with Crippen molar-refractivity contribution >= 4 is 44.5 Å². The minimum absolute atomic E-state index is 0.0616. The molecule has 194 valence electrons. The van der Waals surface area contributed by atoms with Crippen molar-refractivity contribution in [1.29, 1.82) is 0 Å². The van der Waals surface area contributed by atoms with Gasteiger partial charge in [0, 0.05) is 29.8 Å². The number of aromatic nitrogens is 5. The number of nitrogens with zero attached hydrogens (tertiary/aromatic N) is 5. The van der Waals surface area contributed by atoms with E-state index in [0.29, 0.717) is 27.8 Å². The highest BCUT2D eigenvalue weighted by Crippen LogP contribution is 2.44. The third-order valence-electron chi connectivity index (χ3n) is 6.40. The summed E-state index contributed by atoms with van der Waals surface area (Å²) in [6.07, 6.45) is -0.486. The maximum atomic E-state index is 11.6. The quantitative estimate of drug-likeness (QED) is 0.196. The summed E-state index contributed by atoms with van der Waals surface area (Å²) in [5.74, 6) is 1.51. The summed E-state index contributed by atoms with van der Waals surface area (Å²) >= 11 is 1.50. The van der Waals surface area contributed by atoms with E-state index in [2.05, 4.69) is 37.2 Å². The fraction of sp³-hybridized carbons (Fsp3) is 0.545. The average Bonchev–Trinajstić information content (AvgIpc) is 3.39. The fourth-order valence-electron chi connectivity index (χ4n) is 4.56. The van der Waals surface area contributed by atoms with Crippen molar-refractivity contribution in [1.82, 2.24) is 25.0 Å². The number of fused-ring (bicyclic) bond motifs is 1. The largest absolute Gasteiger partial charge is 0.390 e. The summed E-state index contributed by atoms with van der Waals surface area (Å²) < 4.78 is 27.2. The van der Waals surface area contributed by atoms with Gasteiger partial charge in [-0.1, -0.05) is 36.0 Å². The molecule has 14 heteroatoms. The van der Waals surface area contributed by atoms with Gasteiger partial charge in [0.05, 0.1) is 18.4 Å². The molecule has 0 radical (unpaired) electrons. The zero-order valence-electron chi connectivity index (χ0n) is 19.8. The van der Waals surface area contributed by atoms with E-state index >= 15 is 0 Å². The van der Waals surface area contributed by atoms with Gasteiger partial charge in [-0.2, -0.15) is 0 Å². The molecule has 2 heterocycles. The molecule has 0 saturated heterocycles. The predicted octanol–water partition coefficient (Wildman–Crippen LogP) is 1.09. The summed E-state index contributed by atoms with van der Waals surface area (Å²) in [5, 5.41) is 42.9. The minimum Gasteiger partial charge on any atom is -0.390 e. The Labute approximate surface area is 212 Å². The number of rotatable bonds is 9. The summed E-state index contributed by atoms with van der Waals surface area (Å²) in [5.41, 5.74) is 2.39. The van der Waals surface area contributed by atoms with Gasteiger partial charge in [0.15, 0.2) is 22.1 Å². The van der Waals surface area contributed by atoms with Crippen molar-refractivity contribution in [2.75, 3.05) is 22.0 Å². The number of sulfonamides is 1. The molecule has 12 nitrogen and oxygen atoms in total. The van der Waals surface area contributed by atoms with E-state index in [1.165, 1.54) is 16.4 Å². The lowest BCUT2D eigenvalue weighted by Crippen LogP contribution is -2.31. The van der Waals surface area contributed by atoms with Gasteiger partial charge in [0.2, 0.25) is 10.0 Å². The molecular weight excluding hydrogens is 506 g/mol. The van der Waals surface area contributed by atoms with Crippen molar-refractivity contribution < 1.29 is 23.7 Å². The second kappa shape index (κ2) is 9.74. The minimum atomic E-state index is -3.37. The van der Waals surface area contributed by atoms with Crippen LogP contribution in [0, 0.1) is 0 Å². The lowest BCUT2D eigenvalue weighted by Gasteiger charge is -2.16. The van der Waals surface area contributed by atoms with Gasteiger partial charge in [-0.05, 0) is 30.5 Å². The highest BCUT2D eigenvalue weighted by molar-refractivity contribution is 7.99. The molecule has 2 aliphatic carbocycles. The lowest BCUT2D eigenvalue weighted by molar-refractivity contribution is -0.0253. The Bertz CT molecular complexity index is 1370. The third-order valence-corrected chi connectivity index (χ3v) is 8.06. The van der Waals surface area contributed by atoms with Gasteiger partial charge in [0.25, 0.3) is 0 Å². The van der Waals surface area contributed by atoms with Crippen LogP contribution in [0.5, 0.6) is 0 Å². The van der Waals surface area contributed by atoms with Crippen LogP contribution in [0.25, 0.3) is 11.2 Å². The molecule has 2 unspecified atom stereocenters. The first-order valence-corrected chi connectivity index (χ1v) is 14.7. The van der Waals surface area contributed by atoms with Crippen LogP contribution < -0.4 is 10.0 Å².